The van der Waals surface area contributed by atoms with Crippen molar-refractivity contribution in [2.75, 3.05) is 12.3 Å². The molecule has 0 fully saturated rings. The average Bonchev–Trinajstić information content (AvgIpc) is 2.99. The number of amides is 1. The molecule has 3 N–H and O–H groups in total. The van der Waals surface area contributed by atoms with E-state index in [0.29, 0.717) is 10.8 Å². The number of nitrogens with two attached hydrogens (primary N) is 1. The lowest BCUT2D eigenvalue weighted by molar-refractivity contribution is -0.125. The number of furan rings is 1. The molecule has 0 spiro atoms. The fourth-order valence-electron chi connectivity index (χ4n) is 1.82. The third-order valence-electron chi connectivity index (χ3n) is 2.92. The van der Waals surface area contributed by atoms with Crippen molar-refractivity contribution >= 4 is 29.2 Å². The van der Waals surface area contributed by atoms with Crippen molar-refractivity contribution in [1.82, 2.24) is 5.32 Å². The third-order valence-corrected chi connectivity index (χ3v) is 3.15. The molecule has 2 rings (SSSR count). The molecule has 1 aromatic carbocycles. The van der Waals surface area contributed by atoms with Crippen LogP contribution in [0.4, 0.5) is 5.69 Å². The Labute approximate surface area is 132 Å². The zero-order valence-corrected chi connectivity index (χ0v) is 12.6. The highest BCUT2D eigenvalue weighted by molar-refractivity contribution is 6.31. The fraction of sp³-hybridized carbons (Fsp3) is 0.200. The number of carbonyl (C=O) groups is 2. The SMILES string of the molecule is C[C@H](NC(=O)COC(=O)c1ccc(Cl)cc1N)c1ccco1. The quantitative estimate of drug-likeness (QED) is 0.651. The van der Waals surface area contributed by atoms with Crippen LogP contribution in [0.2, 0.25) is 5.02 Å². The van der Waals surface area contributed by atoms with Crippen molar-refractivity contribution in [1.29, 1.82) is 0 Å². The molecule has 0 unspecified atom stereocenters. The van der Waals surface area contributed by atoms with Gasteiger partial charge in [0.1, 0.15) is 5.76 Å². The van der Waals surface area contributed by atoms with Crippen molar-refractivity contribution in [3.63, 3.8) is 0 Å². The summed E-state index contributed by atoms with van der Waals surface area (Å²) in [7, 11) is 0. The van der Waals surface area contributed by atoms with Gasteiger partial charge in [0.15, 0.2) is 6.61 Å². The summed E-state index contributed by atoms with van der Waals surface area (Å²) in [6.07, 6.45) is 1.52. The first kappa shape index (κ1) is 15.9. The van der Waals surface area contributed by atoms with E-state index in [1.54, 1.807) is 19.1 Å². The zero-order valence-electron chi connectivity index (χ0n) is 11.8. The Balaban J connectivity index is 1.86. The van der Waals surface area contributed by atoms with Crippen LogP contribution in [-0.4, -0.2) is 18.5 Å². The standard InChI is InChI=1S/C15H15ClN2O4/c1-9(13-3-2-6-21-13)18-14(19)8-22-15(20)11-5-4-10(16)7-12(11)17/h2-7,9H,8,17H2,1H3,(H,18,19)/t9-/m0/s1. The molecule has 0 bridgehead atoms. The number of esters is 1. The minimum atomic E-state index is -0.685. The average molecular weight is 323 g/mol. The van der Waals surface area contributed by atoms with Crippen LogP contribution in [0.25, 0.3) is 0 Å². The highest BCUT2D eigenvalue weighted by Gasteiger charge is 2.16. The van der Waals surface area contributed by atoms with Gasteiger partial charge in [0.05, 0.1) is 17.9 Å². The van der Waals surface area contributed by atoms with Crippen molar-refractivity contribution in [2.24, 2.45) is 0 Å². The lowest BCUT2D eigenvalue weighted by atomic mass is 10.2. The predicted octanol–water partition coefficient (Wildman–Crippen LogP) is 2.55. The summed E-state index contributed by atoms with van der Waals surface area (Å²) in [4.78, 5) is 23.6. The Kier molecular flexibility index (Phi) is 5.06. The summed E-state index contributed by atoms with van der Waals surface area (Å²) < 4.78 is 10.1. The van der Waals surface area contributed by atoms with E-state index >= 15 is 0 Å². The van der Waals surface area contributed by atoms with Crippen molar-refractivity contribution in [2.45, 2.75) is 13.0 Å². The van der Waals surface area contributed by atoms with Gasteiger partial charge >= 0.3 is 5.97 Å². The Hall–Kier alpha value is -2.47. The van der Waals surface area contributed by atoms with Gasteiger partial charge in [-0.25, -0.2) is 4.79 Å². The molecule has 7 heteroatoms. The first-order valence-corrected chi connectivity index (χ1v) is 6.90. The molecule has 1 amide bonds. The number of hydrogen-bond donors (Lipinski definition) is 2. The number of hydrogen-bond acceptors (Lipinski definition) is 5. The first-order valence-electron chi connectivity index (χ1n) is 6.52. The van der Waals surface area contributed by atoms with Crippen LogP contribution in [0.1, 0.15) is 29.1 Å². The van der Waals surface area contributed by atoms with Crippen LogP contribution in [0.3, 0.4) is 0 Å². The van der Waals surface area contributed by atoms with Gasteiger partial charge in [0.2, 0.25) is 0 Å². The number of rotatable bonds is 5. The molecule has 6 nitrogen and oxygen atoms in total. The zero-order chi connectivity index (χ0) is 16.1. The van der Waals surface area contributed by atoms with Crippen LogP contribution < -0.4 is 11.1 Å². The van der Waals surface area contributed by atoms with E-state index in [9.17, 15) is 9.59 Å². The largest absolute Gasteiger partial charge is 0.467 e. The second-order valence-corrected chi connectivity index (χ2v) is 5.05. The van der Waals surface area contributed by atoms with Crippen molar-refractivity contribution < 1.29 is 18.7 Å². The first-order chi connectivity index (χ1) is 10.5. The minimum absolute atomic E-state index is 0.163. The molecule has 0 aliphatic carbocycles. The fourth-order valence-corrected chi connectivity index (χ4v) is 2.00. The van der Waals surface area contributed by atoms with Gasteiger partial charge in [-0.2, -0.15) is 0 Å². The van der Waals surface area contributed by atoms with Crippen LogP contribution in [0, 0.1) is 0 Å². The highest BCUT2D eigenvalue weighted by Crippen LogP contribution is 2.18. The monoisotopic (exact) mass is 322 g/mol. The second kappa shape index (κ2) is 7.00. The molecule has 116 valence electrons. The Bertz CT molecular complexity index is 670. The molecule has 1 aromatic heterocycles. The van der Waals surface area contributed by atoms with Gasteiger partial charge < -0.3 is 20.2 Å². The summed E-state index contributed by atoms with van der Waals surface area (Å²) in [6, 6.07) is 7.56. The smallest absolute Gasteiger partial charge is 0.340 e. The van der Waals surface area contributed by atoms with E-state index in [1.165, 1.54) is 24.5 Å². The van der Waals surface area contributed by atoms with Gasteiger partial charge in [-0.15, -0.1) is 0 Å². The maximum Gasteiger partial charge on any atom is 0.340 e. The van der Waals surface area contributed by atoms with E-state index in [0.717, 1.165) is 0 Å². The van der Waals surface area contributed by atoms with E-state index in [2.05, 4.69) is 5.32 Å². The molecule has 1 heterocycles. The van der Waals surface area contributed by atoms with Crippen LogP contribution in [0.15, 0.2) is 41.0 Å². The van der Waals surface area contributed by atoms with Gasteiger partial charge in [-0.05, 0) is 37.3 Å². The van der Waals surface area contributed by atoms with Gasteiger partial charge in [-0.3, -0.25) is 4.79 Å². The van der Waals surface area contributed by atoms with E-state index in [4.69, 9.17) is 26.5 Å². The Morgan fingerprint density at radius 1 is 1.41 bits per heavy atom. The maximum absolute atomic E-state index is 11.9. The number of anilines is 1. The molecule has 2 aromatic rings. The Morgan fingerprint density at radius 3 is 2.82 bits per heavy atom. The molecule has 0 saturated heterocycles. The molecule has 0 saturated carbocycles. The second-order valence-electron chi connectivity index (χ2n) is 4.61. The summed E-state index contributed by atoms with van der Waals surface area (Å²) in [5, 5.41) is 3.07. The minimum Gasteiger partial charge on any atom is -0.467 e. The molecule has 1 atom stereocenters. The number of ether oxygens (including phenoxy) is 1. The van der Waals surface area contributed by atoms with Gasteiger partial charge in [-0.1, -0.05) is 11.6 Å². The third kappa shape index (κ3) is 4.02. The van der Waals surface area contributed by atoms with E-state index < -0.39 is 18.5 Å². The Morgan fingerprint density at radius 2 is 2.18 bits per heavy atom. The van der Waals surface area contributed by atoms with E-state index in [-0.39, 0.29) is 17.3 Å². The molecule has 0 radical (unpaired) electrons. The molecular weight excluding hydrogens is 308 g/mol. The summed E-state index contributed by atoms with van der Waals surface area (Å²) in [5.41, 5.74) is 6.03. The summed E-state index contributed by atoms with van der Waals surface area (Å²) in [6.45, 7) is 1.35. The molecular formula is C15H15ClN2O4. The number of halogens is 1. The normalized spacial score (nSPS) is 11.7. The summed E-state index contributed by atoms with van der Waals surface area (Å²) in [5.74, 6) is -0.513. The molecule has 0 aliphatic rings. The number of nitrogens with one attached hydrogen (secondary N) is 1. The van der Waals surface area contributed by atoms with Gasteiger partial charge in [0, 0.05) is 10.7 Å². The van der Waals surface area contributed by atoms with Gasteiger partial charge in [0.25, 0.3) is 5.91 Å². The molecule has 22 heavy (non-hydrogen) atoms. The maximum atomic E-state index is 11.9. The lowest BCUT2D eigenvalue weighted by Gasteiger charge is -2.12. The van der Waals surface area contributed by atoms with Crippen molar-refractivity contribution in [3.05, 3.63) is 52.9 Å². The highest BCUT2D eigenvalue weighted by atomic mass is 35.5. The van der Waals surface area contributed by atoms with Crippen molar-refractivity contribution in [3.8, 4) is 0 Å². The predicted molar refractivity (Wildman–Crippen MR) is 81.4 cm³/mol. The summed E-state index contributed by atoms with van der Waals surface area (Å²) >= 11 is 5.75. The topological polar surface area (TPSA) is 94.6 Å². The number of carbonyl (C=O) groups excluding carboxylic acids is 2. The number of nitrogen functional groups attached to an aromatic ring is 1. The molecule has 0 aliphatic heterocycles. The van der Waals surface area contributed by atoms with E-state index in [1.807, 2.05) is 0 Å². The van der Waals surface area contributed by atoms with Crippen LogP contribution in [0.5, 0.6) is 0 Å². The van der Waals surface area contributed by atoms with Crippen LogP contribution >= 0.6 is 11.6 Å². The van der Waals surface area contributed by atoms with Crippen LogP contribution in [-0.2, 0) is 9.53 Å². The lowest BCUT2D eigenvalue weighted by Crippen LogP contribution is -2.31. The number of benzene rings is 1.